The molecule has 1 unspecified atom stereocenters. The summed E-state index contributed by atoms with van der Waals surface area (Å²) >= 11 is 0. The maximum absolute atomic E-state index is 5.52. The van der Waals surface area contributed by atoms with Gasteiger partial charge in [-0.25, -0.2) is 0 Å². The number of anilines is 1. The van der Waals surface area contributed by atoms with Crippen molar-refractivity contribution >= 4 is 27.8 Å². The lowest BCUT2D eigenvalue weighted by atomic mass is 9.77. The van der Waals surface area contributed by atoms with Gasteiger partial charge in [0.2, 0.25) is 0 Å². The maximum atomic E-state index is 5.52. The molecule has 0 amide bonds. The summed E-state index contributed by atoms with van der Waals surface area (Å²) in [5, 5.41) is 10.1. The molecule has 0 aliphatic carbocycles. The molecule has 1 atom stereocenters. The van der Waals surface area contributed by atoms with Crippen LogP contribution in [0.1, 0.15) is 29.7 Å². The Labute approximate surface area is 176 Å². The highest BCUT2D eigenvalue weighted by Gasteiger charge is 2.34. The normalized spacial score (nSPS) is 22.9. The van der Waals surface area contributed by atoms with E-state index < -0.39 is 0 Å². The zero-order valence-electron chi connectivity index (χ0n) is 17.6. The summed E-state index contributed by atoms with van der Waals surface area (Å²) in [4.78, 5) is 2.61. The summed E-state index contributed by atoms with van der Waals surface area (Å²) in [5.41, 5.74) is 10.8. The van der Waals surface area contributed by atoms with E-state index in [1.807, 2.05) is 25.1 Å². The first kappa shape index (κ1) is 19.1. The average Bonchev–Trinajstić information content (AvgIpc) is 3.32. The molecule has 2 bridgehead atoms. The summed E-state index contributed by atoms with van der Waals surface area (Å²) in [7, 11) is 0. The molecule has 4 aromatic rings. The van der Waals surface area contributed by atoms with Gasteiger partial charge in [0.15, 0.2) is 17.0 Å². The van der Waals surface area contributed by atoms with Crippen LogP contribution in [0.4, 0.5) is 5.82 Å². The summed E-state index contributed by atoms with van der Waals surface area (Å²) in [5.74, 6) is 2.14. The number of hydrogen-bond donors (Lipinski definition) is 1. The van der Waals surface area contributed by atoms with Gasteiger partial charge in [-0.05, 0) is 93.4 Å². The zero-order valence-corrected chi connectivity index (χ0v) is 17.6. The summed E-state index contributed by atoms with van der Waals surface area (Å²) in [6.07, 6.45) is 3.83. The highest BCUT2D eigenvalue weighted by Crippen LogP contribution is 2.35. The van der Waals surface area contributed by atoms with Crippen molar-refractivity contribution in [3.8, 4) is 0 Å². The highest BCUT2D eigenvalue weighted by atomic mass is 16.5. The summed E-state index contributed by atoms with van der Waals surface area (Å²) in [6, 6.07) is 12.2. The molecular formula is C24H28N4O2. The lowest BCUT2D eigenvalue weighted by Crippen LogP contribution is -2.48. The van der Waals surface area contributed by atoms with Crippen molar-refractivity contribution in [1.29, 1.82) is 0 Å². The van der Waals surface area contributed by atoms with Crippen LogP contribution in [0.15, 0.2) is 45.4 Å². The van der Waals surface area contributed by atoms with Gasteiger partial charge in [-0.2, -0.15) is 0 Å². The first-order valence-corrected chi connectivity index (χ1v) is 10.8. The lowest BCUT2D eigenvalue weighted by molar-refractivity contribution is 0.0506. The van der Waals surface area contributed by atoms with Gasteiger partial charge in [0.25, 0.3) is 0 Å². The number of aromatic nitrogens is 2. The van der Waals surface area contributed by atoms with Gasteiger partial charge in [-0.3, -0.25) is 0 Å². The third kappa shape index (κ3) is 3.67. The van der Waals surface area contributed by atoms with Gasteiger partial charge in [0.1, 0.15) is 0 Å². The van der Waals surface area contributed by atoms with Gasteiger partial charge in [-0.15, -0.1) is 0 Å². The van der Waals surface area contributed by atoms with E-state index in [4.69, 9.17) is 14.8 Å². The van der Waals surface area contributed by atoms with E-state index in [1.165, 1.54) is 43.4 Å². The van der Waals surface area contributed by atoms with Crippen LogP contribution in [-0.2, 0) is 6.42 Å². The molecule has 6 nitrogen and oxygen atoms in total. The minimum absolute atomic E-state index is 0.458. The topological polar surface area (TPSA) is 81.3 Å². The average molecular weight is 405 g/mol. The van der Waals surface area contributed by atoms with Crippen LogP contribution in [0.3, 0.4) is 0 Å². The van der Waals surface area contributed by atoms with E-state index in [1.54, 1.807) is 0 Å². The molecule has 3 saturated heterocycles. The highest BCUT2D eigenvalue weighted by molar-refractivity contribution is 5.87. The number of nitrogens with two attached hydrogens (primary N) is 1. The van der Waals surface area contributed by atoms with Crippen molar-refractivity contribution in [3.05, 3.63) is 53.2 Å². The molecule has 3 fully saturated rings. The molecule has 2 N–H and O–H groups in total. The Bertz CT molecular complexity index is 1170. The molecule has 0 spiro atoms. The van der Waals surface area contributed by atoms with Crippen molar-refractivity contribution in [3.63, 3.8) is 0 Å². The molecule has 30 heavy (non-hydrogen) atoms. The van der Waals surface area contributed by atoms with Gasteiger partial charge < -0.3 is 19.7 Å². The van der Waals surface area contributed by atoms with Gasteiger partial charge >= 0.3 is 0 Å². The van der Waals surface area contributed by atoms with Crippen molar-refractivity contribution in [1.82, 2.24) is 15.2 Å². The molecule has 0 radical (unpaired) electrons. The molecule has 2 aromatic carbocycles. The molecule has 6 heteroatoms. The maximum Gasteiger partial charge on any atom is 0.174 e. The first-order valence-electron chi connectivity index (χ1n) is 10.8. The van der Waals surface area contributed by atoms with Crippen LogP contribution < -0.4 is 5.73 Å². The molecule has 7 rings (SSSR count). The fourth-order valence-corrected chi connectivity index (χ4v) is 4.88. The molecule has 5 heterocycles. The third-order valence-electron chi connectivity index (χ3n) is 6.60. The summed E-state index contributed by atoms with van der Waals surface area (Å²) in [6.45, 7) is 7.96. The first-order chi connectivity index (χ1) is 14.6. The second-order valence-corrected chi connectivity index (χ2v) is 8.80. The van der Waals surface area contributed by atoms with Crippen LogP contribution >= 0.6 is 0 Å². The Hall–Kier alpha value is -2.86. The Morgan fingerprint density at radius 2 is 1.57 bits per heavy atom. The molecule has 0 saturated carbocycles. The number of aryl methyl sites for hydroxylation is 2. The number of nitrogen functional groups attached to an aromatic ring is 1. The number of fused-ring (bicyclic) bond motifs is 5. The van der Waals surface area contributed by atoms with Crippen molar-refractivity contribution < 1.29 is 9.05 Å². The Morgan fingerprint density at radius 1 is 0.933 bits per heavy atom. The summed E-state index contributed by atoms with van der Waals surface area (Å²) < 4.78 is 10.4. The van der Waals surface area contributed by atoms with Crippen molar-refractivity contribution in [2.75, 3.05) is 25.4 Å². The van der Waals surface area contributed by atoms with Crippen molar-refractivity contribution in [2.24, 2.45) is 11.8 Å². The number of piperidine rings is 3. The predicted octanol–water partition coefficient (Wildman–Crippen LogP) is 4.74. The molecule has 3 aliphatic heterocycles. The minimum atomic E-state index is 0.458. The molecule has 2 aromatic heterocycles. The van der Waals surface area contributed by atoms with E-state index in [9.17, 15) is 0 Å². The largest absolute Gasteiger partial charge is 0.380 e. The van der Waals surface area contributed by atoms with E-state index in [0.717, 1.165) is 46.1 Å². The Balaban J connectivity index is 0.000000149. The predicted molar refractivity (Wildman–Crippen MR) is 118 cm³/mol. The number of benzene rings is 2. The Kier molecular flexibility index (Phi) is 4.95. The minimum Gasteiger partial charge on any atom is -0.380 e. The third-order valence-corrected chi connectivity index (χ3v) is 6.60. The van der Waals surface area contributed by atoms with E-state index in [-0.39, 0.29) is 0 Å². The van der Waals surface area contributed by atoms with E-state index >= 15 is 0 Å². The molecule has 3 aliphatic rings. The Morgan fingerprint density at radius 3 is 2.23 bits per heavy atom. The molecular weight excluding hydrogens is 376 g/mol. The molecule has 156 valence electrons. The monoisotopic (exact) mass is 404 g/mol. The van der Waals surface area contributed by atoms with Crippen LogP contribution in [-0.4, -0.2) is 34.8 Å². The van der Waals surface area contributed by atoms with Gasteiger partial charge in [0.05, 0.1) is 11.1 Å². The van der Waals surface area contributed by atoms with Crippen LogP contribution in [0, 0.1) is 25.7 Å². The van der Waals surface area contributed by atoms with Crippen LogP contribution in [0.5, 0.6) is 0 Å². The van der Waals surface area contributed by atoms with Crippen molar-refractivity contribution in [2.45, 2.75) is 33.1 Å². The second-order valence-electron chi connectivity index (χ2n) is 8.80. The SMILES string of the molecule is Cc1ccc2c(CC3CN4CCC3CC4)noc2c1.Cc1ccc2c(N)noc2c1. The number of nitrogens with zero attached hydrogens (tertiary/aromatic N) is 3. The van der Waals surface area contributed by atoms with Crippen LogP contribution in [0.25, 0.3) is 21.9 Å². The smallest absolute Gasteiger partial charge is 0.174 e. The number of rotatable bonds is 2. The van der Waals surface area contributed by atoms with Crippen LogP contribution in [0.2, 0.25) is 0 Å². The van der Waals surface area contributed by atoms with Gasteiger partial charge in [-0.1, -0.05) is 22.4 Å². The van der Waals surface area contributed by atoms with E-state index in [2.05, 4.69) is 40.3 Å². The zero-order chi connectivity index (χ0) is 20.7. The standard InChI is InChI=1S/C16H20N2O.C8H8N2O/c1-11-2-3-14-15(17-19-16(14)8-11)9-13-10-18-6-4-12(13)5-7-18;1-5-2-3-6-7(4-5)11-10-8(6)9/h2-3,8,12-13H,4-7,9-10H2,1H3;2-4H,1H3,(H2,9,10). The fourth-order valence-electron chi connectivity index (χ4n) is 4.88. The quantitative estimate of drug-likeness (QED) is 0.520. The van der Waals surface area contributed by atoms with E-state index in [0.29, 0.717) is 5.82 Å². The number of hydrogen-bond acceptors (Lipinski definition) is 6. The fraction of sp³-hybridized carbons (Fsp3) is 0.417. The second kappa shape index (κ2) is 7.76. The van der Waals surface area contributed by atoms with Gasteiger partial charge in [0, 0.05) is 11.9 Å². The lowest BCUT2D eigenvalue weighted by Gasteiger charge is -2.44.